The molecule has 1 saturated heterocycles. The van der Waals surface area contributed by atoms with Crippen molar-refractivity contribution < 1.29 is 9.15 Å². The number of piperazine rings is 1. The number of aromatic nitrogens is 1. The van der Waals surface area contributed by atoms with E-state index in [2.05, 4.69) is 45.1 Å². The third-order valence-electron chi connectivity index (χ3n) is 4.91. The van der Waals surface area contributed by atoms with E-state index in [9.17, 15) is 5.26 Å². The minimum absolute atomic E-state index is 0.0734. The fourth-order valence-corrected chi connectivity index (χ4v) is 3.85. The van der Waals surface area contributed by atoms with Crippen LogP contribution in [0.5, 0.6) is 5.75 Å². The predicted molar refractivity (Wildman–Crippen MR) is 116 cm³/mol. The van der Waals surface area contributed by atoms with Crippen molar-refractivity contribution in [3.05, 3.63) is 75.7 Å². The Balaban J connectivity index is 1.38. The number of benzene rings is 2. The molecule has 0 N–H and O–H groups in total. The molecule has 0 atom stereocenters. The number of oxazole rings is 1. The first-order valence-corrected chi connectivity index (χ1v) is 10.4. The van der Waals surface area contributed by atoms with Crippen LogP contribution in [-0.4, -0.2) is 36.1 Å². The molecule has 1 aliphatic heterocycles. The van der Waals surface area contributed by atoms with E-state index in [4.69, 9.17) is 32.4 Å². The average molecular weight is 443 g/mol. The van der Waals surface area contributed by atoms with Crippen molar-refractivity contribution in [3.63, 3.8) is 0 Å². The van der Waals surface area contributed by atoms with Crippen LogP contribution in [0.25, 0.3) is 0 Å². The van der Waals surface area contributed by atoms with Crippen molar-refractivity contribution in [3.8, 4) is 11.8 Å². The molecule has 2 aromatic carbocycles. The van der Waals surface area contributed by atoms with Gasteiger partial charge in [0.05, 0.1) is 5.02 Å². The van der Waals surface area contributed by atoms with Gasteiger partial charge in [-0.05, 0) is 23.8 Å². The number of nitriles is 1. The zero-order valence-corrected chi connectivity index (χ0v) is 17.7. The van der Waals surface area contributed by atoms with Crippen molar-refractivity contribution in [2.45, 2.75) is 13.2 Å². The van der Waals surface area contributed by atoms with Crippen molar-refractivity contribution in [2.24, 2.45) is 0 Å². The molecule has 0 aliphatic carbocycles. The molecule has 30 heavy (non-hydrogen) atoms. The van der Waals surface area contributed by atoms with E-state index in [1.54, 1.807) is 18.2 Å². The Morgan fingerprint density at radius 1 is 1.07 bits per heavy atom. The predicted octanol–water partition coefficient (Wildman–Crippen LogP) is 4.75. The molecule has 0 unspecified atom stereocenters. The lowest BCUT2D eigenvalue weighted by atomic mass is 10.2. The summed E-state index contributed by atoms with van der Waals surface area (Å²) in [6.45, 7) is 4.28. The van der Waals surface area contributed by atoms with Crippen LogP contribution in [0.4, 0.5) is 5.88 Å². The number of anilines is 1. The third kappa shape index (κ3) is 4.88. The summed E-state index contributed by atoms with van der Waals surface area (Å²) < 4.78 is 11.5. The average Bonchev–Trinajstić information content (AvgIpc) is 3.18. The number of rotatable bonds is 6. The third-order valence-corrected chi connectivity index (χ3v) is 5.44. The second-order valence-corrected chi connectivity index (χ2v) is 7.83. The molecule has 1 aromatic heterocycles. The van der Waals surface area contributed by atoms with Crippen molar-refractivity contribution >= 4 is 29.1 Å². The molecule has 0 saturated carbocycles. The maximum absolute atomic E-state index is 9.48. The highest BCUT2D eigenvalue weighted by Gasteiger charge is 2.24. The van der Waals surface area contributed by atoms with E-state index in [0.717, 1.165) is 32.7 Å². The van der Waals surface area contributed by atoms with Crippen molar-refractivity contribution in [2.75, 3.05) is 31.1 Å². The highest BCUT2D eigenvalue weighted by molar-refractivity contribution is 6.35. The van der Waals surface area contributed by atoms with Crippen LogP contribution in [0.3, 0.4) is 0 Å². The Kier molecular flexibility index (Phi) is 6.44. The summed E-state index contributed by atoms with van der Waals surface area (Å²) in [5.41, 5.74) is 1.57. The summed E-state index contributed by atoms with van der Waals surface area (Å²) >= 11 is 12.0. The van der Waals surface area contributed by atoms with Crippen LogP contribution in [-0.2, 0) is 13.2 Å². The smallest absolute Gasteiger partial charge is 0.236 e. The molecular weight excluding hydrogens is 423 g/mol. The number of halogens is 2. The molecule has 0 radical (unpaired) electrons. The largest absolute Gasteiger partial charge is 0.482 e. The quantitative estimate of drug-likeness (QED) is 0.548. The lowest BCUT2D eigenvalue weighted by Crippen LogP contribution is -2.46. The molecule has 0 spiro atoms. The first-order chi connectivity index (χ1) is 14.6. The van der Waals surface area contributed by atoms with Crippen LogP contribution < -0.4 is 9.64 Å². The summed E-state index contributed by atoms with van der Waals surface area (Å²) in [5.74, 6) is 1.31. The van der Waals surface area contributed by atoms with Crippen LogP contribution >= 0.6 is 23.2 Å². The summed E-state index contributed by atoms with van der Waals surface area (Å²) in [6, 6.07) is 17.5. The summed E-state index contributed by atoms with van der Waals surface area (Å²) in [5, 5.41) is 10.4. The molecule has 0 bridgehead atoms. The first kappa shape index (κ1) is 20.5. The van der Waals surface area contributed by atoms with Gasteiger partial charge < -0.3 is 14.1 Å². The number of hydrogen-bond acceptors (Lipinski definition) is 6. The lowest BCUT2D eigenvalue weighted by Gasteiger charge is -2.34. The molecule has 1 fully saturated rings. The zero-order valence-electron chi connectivity index (χ0n) is 16.2. The molecular formula is C22H20Cl2N4O2. The van der Waals surface area contributed by atoms with Gasteiger partial charge in [-0.2, -0.15) is 10.2 Å². The van der Waals surface area contributed by atoms with E-state index >= 15 is 0 Å². The summed E-state index contributed by atoms with van der Waals surface area (Å²) in [4.78, 5) is 8.73. The van der Waals surface area contributed by atoms with Crippen LogP contribution in [0.2, 0.25) is 10.0 Å². The molecule has 3 aromatic rings. The standard InChI is InChI=1S/C22H20Cl2N4O2/c23-17-6-7-20(18(24)12-17)29-15-21-26-19(13-25)22(30-21)28-10-8-27(9-11-28)14-16-4-2-1-3-5-16/h1-7,12H,8-11,14-15H2. The van der Waals surface area contributed by atoms with Gasteiger partial charge in [-0.1, -0.05) is 53.5 Å². The maximum atomic E-state index is 9.48. The van der Waals surface area contributed by atoms with E-state index < -0.39 is 0 Å². The monoisotopic (exact) mass is 442 g/mol. The first-order valence-electron chi connectivity index (χ1n) is 9.61. The lowest BCUT2D eigenvalue weighted by molar-refractivity contribution is 0.240. The van der Waals surface area contributed by atoms with Gasteiger partial charge in [-0.15, -0.1) is 0 Å². The topological polar surface area (TPSA) is 65.5 Å². The van der Waals surface area contributed by atoms with Crippen molar-refractivity contribution in [1.29, 1.82) is 5.26 Å². The molecule has 1 aliphatic rings. The maximum Gasteiger partial charge on any atom is 0.236 e. The van der Waals surface area contributed by atoms with Crippen LogP contribution in [0.15, 0.2) is 52.9 Å². The van der Waals surface area contributed by atoms with Gasteiger partial charge in [0, 0.05) is 37.7 Å². The second kappa shape index (κ2) is 9.40. The van der Waals surface area contributed by atoms with E-state index in [1.807, 2.05) is 6.07 Å². The number of ether oxygens (including phenoxy) is 1. The van der Waals surface area contributed by atoms with Crippen LogP contribution in [0, 0.1) is 11.3 Å². The van der Waals surface area contributed by atoms with E-state index in [-0.39, 0.29) is 12.3 Å². The Bertz CT molecular complexity index is 1040. The van der Waals surface area contributed by atoms with Gasteiger partial charge in [0.25, 0.3) is 0 Å². The highest BCUT2D eigenvalue weighted by Crippen LogP contribution is 2.29. The minimum atomic E-state index is 0.0734. The van der Waals surface area contributed by atoms with Gasteiger partial charge in [-0.25, -0.2) is 0 Å². The highest BCUT2D eigenvalue weighted by atomic mass is 35.5. The van der Waals surface area contributed by atoms with Gasteiger partial charge in [0.15, 0.2) is 6.61 Å². The fourth-order valence-electron chi connectivity index (χ4n) is 3.39. The Morgan fingerprint density at radius 3 is 2.53 bits per heavy atom. The Hall–Kier alpha value is -2.72. The number of hydrogen-bond donors (Lipinski definition) is 0. The molecule has 154 valence electrons. The summed E-state index contributed by atoms with van der Waals surface area (Å²) in [7, 11) is 0. The molecule has 8 heteroatoms. The van der Waals surface area contributed by atoms with Crippen LogP contribution in [0.1, 0.15) is 17.1 Å². The second-order valence-electron chi connectivity index (χ2n) is 6.99. The minimum Gasteiger partial charge on any atom is -0.482 e. The molecule has 4 rings (SSSR count). The van der Waals surface area contributed by atoms with Gasteiger partial charge in [0.1, 0.15) is 11.8 Å². The molecule has 2 heterocycles. The van der Waals surface area contributed by atoms with Gasteiger partial charge >= 0.3 is 0 Å². The van der Waals surface area contributed by atoms with Gasteiger partial charge in [-0.3, -0.25) is 4.90 Å². The summed E-state index contributed by atoms with van der Waals surface area (Å²) in [6.07, 6.45) is 0. The normalized spacial score (nSPS) is 14.5. The van der Waals surface area contributed by atoms with Gasteiger partial charge in [0.2, 0.25) is 17.5 Å². The Morgan fingerprint density at radius 2 is 1.83 bits per heavy atom. The SMILES string of the molecule is N#Cc1nc(COc2ccc(Cl)cc2Cl)oc1N1CCN(Cc2ccccc2)CC1. The molecule has 6 nitrogen and oxygen atoms in total. The van der Waals surface area contributed by atoms with E-state index in [0.29, 0.717) is 27.6 Å². The zero-order chi connectivity index (χ0) is 20.9. The number of nitrogens with zero attached hydrogens (tertiary/aromatic N) is 4. The molecule has 0 amide bonds. The Labute approximate surface area is 185 Å². The van der Waals surface area contributed by atoms with E-state index in [1.165, 1.54) is 5.56 Å². The fraction of sp³-hybridized carbons (Fsp3) is 0.273. The van der Waals surface area contributed by atoms with Crippen molar-refractivity contribution in [1.82, 2.24) is 9.88 Å².